The molecule has 4 nitrogen and oxygen atoms in total. The Morgan fingerprint density at radius 1 is 1.27 bits per heavy atom. The van der Waals surface area contributed by atoms with Crippen LogP contribution in [0.3, 0.4) is 0 Å². The van der Waals surface area contributed by atoms with Gasteiger partial charge in [0.1, 0.15) is 6.10 Å². The van der Waals surface area contributed by atoms with Crippen LogP contribution in [-0.2, 0) is 28.2 Å². The van der Waals surface area contributed by atoms with Crippen LogP contribution in [0, 0.1) is 5.92 Å². The second kappa shape index (κ2) is 6.48. The highest BCUT2D eigenvalue weighted by atomic mass is 32.1. The molecule has 2 fully saturated rings. The summed E-state index contributed by atoms with van der Waals surface area (Å²) in [5.74, 6) is 0.846. The number of nitrogens with zero attached hydrogens (tertiary/aromatic N) is 1. The highest BCUT2D eigenvalue weighted by Crippen LogP contribution is 2.48. The van der Waals surface area contributed by atoms with Gasteiger partial charge in [-0.3, -0.25) is 9.69 Å². The summed E-state index contributed by atoms with van der Waals surface area (Å²) < 4.78 is 6.06. The van der Waals surface area contributed by atoms with E-state index in [0.717, 1.165) is 25.4 Å². The lowest BCUT2D eigenvalue weighted by Crippen LogP contribution is -2.43. The molecule has 3 heterocycles. The summed E-state index contributed by atoms with van der Waals surface area (Å²) in [7, 11) is 0. The lowest BCUT2D eigenvalue weighted by molar-refractivity contribution is -0.130. The van der Waals surface area contributed by atoms with Crippen LogP contribution in [0.5, 0.6) is 0 Å². The molecule has 2 aliphatic heterocycles. The van der Waals surface area contributed by atoms with E-state index in [2.05, 4.69) is 34.5 Å². The molecule has 5 rings (SSSR count). The molecule has 0 radical (unpaired) electrons. The Morgan fingerprint density at radius 3 is 2.96 bits per heavy atom. The van der Waals surface area contributed by atoms with Gasteiger partial charge in [0.2, 0.25) is 5.91 Å². The summed E-state index contributed by atoms with van der Waals surface area (Å²) in [4.78, 5) is 16.4. The summed E-state index contributed by atoms with van der Waals surface area (Å²) in [5.41, 5.74) is 2.65. The number of nitrogens with one attached hydrogen (secondary N) is 1. The van der Waals surface area contributed by atoms with Crippen LogP contribution >= 0.6 is 11.3 Å². The van der Waals surface area contributed by atoms with Gasteiger partial charge >= 0.3 is 0 Å². The Hall–Kier alpha value is -1.69. The molecule has 1 aromatic carbocycles. The van der Waals surface area contributed by atoms with Crippen LogP contribution < -0.4 is 5.32 Å². The lowest BCUT2D eigenvalue weighted by Gasteiger charge is -2.34. The average Bonchev–Trinajstić information content (AvgIpc) is 3.09. The number of benzene rings is 1. The molecule has 1 amide bonds. The van der Waals surface area contributed by atoms with Crippen molar-refractivity contribution >= 4 is 17.2 Å². The van der Waals surface area contributed by atoms with E-state index >= 15 is 0 Å². The monoisotopic (exact) mass is 368 g/mol. The van der Waals surface area contributed by atoms with Crippen LogP contribution in [-0.4, -0.2) is 30.1 Å². The Morgan fingerprint density at radius 2 is 2.15 bits per heavy atom. The first-order valence-corrected chi connectivity index (χ1v) is 10.4. The normalized spacial score (nSPS) is 27.8. The van der Waals surface area contributed by atoms with Gasteiger partial charge in [-0.15, -0.1) is 11.3 Å². The maximum Gasteiger partial charge on any atom is 0.249 e. The predicted octanol–water partition coefficient (Wildman–Crippen LogP) is 3.27. The third-order valence-corrected chi connectivity index (χ3v) is 6.89. The van der Waals surface area contributed by atoms with E-state index in [1.807, 2.05) is 17.5 Å². The topological polar surface area (TPSA) is 41.6 Å². The van der Waals surface area contributed by atoms with E-state index < -0.39 is 0 Å². The van der Waals surface area contributed by atoms with Crippen molar-refractivity contribution in [1.29, 1.82) is 0 Å². The first kappa shape index (κ1) is 16.5. The minimum atomic E-state index is -0.358. The minimum Gasteiger partial charge on any atom is -0.366 e. The van der Waals surface area contributed by atoms with E-state index in [1.54, 1.807) is 11.3 Å². The molecule has 136 valence electrons. The fourth-order valence-electron chi connectivity index (χ4n) is 4.43. The minimum absolute atomic E-state index is 0.0195. The van der Waals surface area contributed by atoms with Crippen LogP contribution in [0.2, 0.25) is 0 Å². The molecule has 1 saturated carbocycles. The average molecular weight is 369 g/mol. The molecule has 1 aliphatic carbocycles. The first-order chi connectivity index (χ1) is 12.7. The number of thiophene rings is 1. The highest BCUT2D eigenvalue weighted by molar-refractivity contribution is 7.09. The Labute approximate surface area is 158 Å². The second-order valence-corrected chi connectivity index (χ2v) is 8.85. The van der Waals surface area contributed by atoms with Gasteiger partial charge in [0, 0.05) is 24.4 Å². The van der Waals surface area contributed by atoms with Gasteiger partial charge in [0.05, 0.1) is 18.7 Å². The first-order valence-electron chi connectivity index (χ1n) is 9.50. The van der Waals surface area contributed by atoms with Gasteiger partial charge in [-0.2, -0.15) is 0 Å². The number of carbonyl (C=O) groups is 1. The number of ether oxygens (including phenoxy) is 1. The fourth-order valence-corrected chi connectivity index (χ4v) is 5.08. The van der Waals surface area contributed by atoms with Crippen molar-refractivity contribution in [3.63, 3.8) is 0 Å². The summed E-state index contributed by atoms with van der Waals surface area (Å²) >= 11 is 1.67. The predicted molar refractivity (Wildman–Crippen MR) is 102 cm³/mol. The molecular formula is C21H24N2O2S. The van der Waals surface area contributed by atoms with Crippen molar-refractivity contribution < 1.29 is 9.53 Å². The summed E-state index contributed by atoms with van der Waals surface area (Å²) in [5, 5.41) is 5.09. The standard InChI is InChI=1S/C21H24N2O2S/c24-20(22-11-17-5-3-9-26-17)19-10-21(14-25-19)18-6-2-1-4-16(18)13-23(21)12-15-7-8-15/h1-6,9,15,19H,7-8,10-14H2,(H,22,24)/t19-,21-/m1/s1. The van der Waals surface area contributed by atoms with E-state index in [4.69, 9.17) is 4.74 Å². The van der Waals surface area contributed by atoms with Crippen LogP contribution in [0.4, 0.5) is 0 Å². The molecule has 3 aliphatic rings. The molecule has 1 N–H and O–H groups in total. The van der Waals surface area contributed by atoms with E-state index in [9.17, 15) is 4.79 Å². The molecule has 1 saturated heterocycles. The van der Waals surface area contributed by atoms with Crippen molar-refractivity contribution in [1.82, 2.24) is 10.2 Å². The number of hydrogen-bond acceptors (Lipinski definition) is 4. The molecule has 2 atom stereocenters. The fraction of sp³-hybridized carbons (Fsp3) is 0.476. The van der Waals surface area contributed by atoms with E-state index in [0.29, 0.717) is 13.2 Å². The molecule has 1 spiro atoms. The van der Waals surface area contributed by atoms with Gasteiger partial charge in [0.25, 0.3) is 0 Å². The third-order valence-electron chi connectivity index (χ3n) is 6.02. The van der Waals surface area contributed by atoms with Crippen molar-refractivity contribution in [2.75, 3.05) is 13.2 Å². The summed E-state index contributed by atoms with van der Waals surface area (Å²) in [6, 6.07) is 12.8. The number of hydrogen-bond donors (Lipinski definition) is 1. The summed E-state index contributed by atoms with van der Waals surface area (Å²) in [6.07, 6.45) is 3.08. The van der Waals surface area contributed by atoms with Gasteiger partial charge in [-0.25, -0.2) is 0 Å². The van der Waals surface area contributed by atoms with Gasteiger partial charge in [0.15, 0.2) is 0 Å². The molecule has 0 bridgehead atoms. The van der Waals surface area contributed by atoms with Crippen molar-refractivity contribution in [3.05, 3.63) is 57.8 Å². The van der Waals surface area contributed by atoms with Gasteiger partial charge in [-0.05, 0) is 41.3 Å². The largest absolute Gasteiger partial charge is 0.366 e. The van der Waals surface area contributed by atoms with Crippen LogP contribution in [0.25, 0.3) is 0 Å². The third kappa shape index (κ3) is 2.88. The van der Waals surface area contributed by atoms with Crippen LogP contribution in [0.15, 0.2) is 41.8 Å². The van der Waals surface area contributed by atoms with Crippen molar-refractivity contribution in [3.8, 4) is 0 Å². The SMILES string of the molecule is O=C(NCc1cccs1)[C@H]1C[C@@]2(CO1)c1ccccc1CN2CC1CC1. The Balaban J connectivity index is 1.33. The molecular weight excluding hydrogens is 344 g/mol. The molecule has 26 heavy (non-hydrogen) atoms. The quantitative estimate of drug-likeness (QED) is 0.881. The second-order valence-electron chi connectivity index (χ2n) is 7.81. The molecule has 2 aromatic rings. The number of fused-ring (bicyclic) bond motifs is 2. The van der Waals surface area contributed by atoms with Gasteiger partial charge < -0.3 is 10.1 Å². The molecule has 0 unspecified atom stereocenters. The zero-order chi connectivity index (χ0) is 17.6. The highest BCUT2D eigenvalue weighted by Gasteiger charge is 2.53. The number of rotatable bonds is 5. The van der Waals surface area contributed by atoms with Gasteiger partial charge in [-0.1, -0.05) is 30.3 Å². The Bertz CT molecular complexity index is 802. The number of amides is 1. The van der Waals surface area contributed by atoms with Crippen LogP contribution in [0.1, 0.15) is 35.3 Å². The summed E-state index contributed by atoms with van der Waals surface area (Å²) in [6.45, 7) is 3.32. The lowest BCUT2D eigenvalue weighted by atomic mass is 9.86. The molecule has 1 aromatic heterocycles. The maximum absolute atomic E-state index is 12.7. The van der Waals surface area contributed by atoms with E-state index in [-0.39, 0.29) is 17.6 Å². The number of carbonyl (C=O) groups excluding carboxylic acids is 1. The smallest absolute Gasteiger partial charge is 0.249 e. The Kier molecular flexibility index (Phi) is 4.11. The zero-order valence-corrected chi connectivity index (χ0v) is 15.6. The van der Waals surface area contributed by atoms with Crippen molar-refractivity contribution in [2.45, 2.75) is 44.0 Å². The molecule has 5 heteroatoms. The van der Waals surface area contributed by atoms with Crippen molar-refractivity contribution in [2.24, 2.45) is 5.92 Å². The maximum atomic E-state index is 12.7. The zero-order valence-electron chi connectivity index (χ0n) is 14.8. The van der Waals surface area contributed by atoms with E-state index in [1.165, 1.54) is 28.8 Å².